The lowest BCUT2D eigenvalue weighted by atomic mass is 10.2. The van der Waals surface area contributed by atoms with Gasteiger partial charge in [0.15, 0.2) is 0 Å². The molecule has 0 saturated heterocycles. The fraction of sp³-hybridized carbons (Fsp3) is 0.308. The van der Waals surface area contributed by atoms with Crippen molar-refractivity contribution < 1.29 is 14.3 Å². The van der Waals surface area contributed by atoms with Gasteiger partial charge in [-0.3, -0.25) is 0 Å². The lowest BCUT2D eigenvalue weighted by Crippen LogP contribution is -2.19. The van der Waals surface area contributed by atoms with Crippen molar-refractivity contribution in [2.24, 2.45) is 0 Å². The number of para-hydroxylation sites is 1. The standard InChI is InChI=1S/C13H16FNO2/c1-3-10(13(16)17)8-9-15(2)12-7-5-4-6-11(12)14/h4-8H,3,9H2,1-2H3,(H,16,17). The Kier molecular flexibility index (Phi) is 4.69. The van der Waals surface area contributed by atoms with Crippen LogP contribution in [0.1, 0.15) is 13.3 Å². The van der Waals surface area contributed by atoms with Crippen LogP contribution in [0.4, 0.5) is 10.1 Å². The number of hydrogen-bond acceptors (Lipinski definition) is 2. The number of rotatable bonds is 5. The first kappa shape index (κ1) is 13.2. The minimum atomic E-state index is -0.922. The maximum Gasteiger partial charge on any atom is 0.331 e. The van der Waals surface area contributed by atoms with Gasteiger partial charge in [0, 0.05) is 19.2 Å². The average Bonchev–Trinajstić information content (AvgIpc) is 2.29. The Hall–Kier alpha value is -1.84. The smallest absolute Gasteiger partial charge is 0.331 e. The molecular weight excluding hydrogens is 221 g/mol. The average molecular weight is 237 g/mol. The molecule has 0 aromatic heterocycles. The van der Waals surface area contributed by atoms with Gasteiger partial charge in [-0.15, -0.1) is 0 Å². The maximum atomic E-state index is 13.4. The number of anilines is 1. The molecule has 0 radical (unpaired) electrons. The van der Waals surface area contributed by atoms with E-state index in [1.807, 2.05) is 0 Å². The summed E-state index contributed by atoms with van der Waals surface area (Å²) in [5.74, 6) is -1.23. The number of benzene rings is 1. The monoisotopic (exact) mass is 237 g/mol. The van der Waals surface area contributed by atoms with Crippen molar-refractivity contribution in [2.45, 2.75) is 13.3 Å². The molecular formula is C13H16FNO2. The fourth-order valence-electron chi connectivity index (χ4n) is 1.49. The number of halogens is 1. The Morgan fingerprint density at radius 2 is 2.12 bits per heavy atom. The van der Waals surface area contributed by atoms with Crippen LogP contribution >= 0.6 is 0 Å². The highest BCUT2D eigenvalue weighted by atomic mass is 19.1. The number of aliphatic carboxylic acids is 1. The van der Waals surface area contributed by atoms with Gasteiger partial charge in [0.1, 0.15) is 5.82 Å². The summed E-state index contributed by atoms with van der Waals surface area (Å²) in [6.45, 7) is 2.15. The van der Waals surface area contributed by atoms with Crippen LogP contribution in [-0.4, -0.2) is 24.7 Å². The summed E-state index contributed by atoms with van der Waals surface area (Å²) in [6.07, 6.45) is 2.06. The molecule has 1 aromatic rings. The lowest BCUT2D eigenvalue weighted by molar-refractivity contribution is -0.132. The van der Waals surface area contributed by atoms with Crippen molar-refractivity contribution in [3.63, 3.8) is 0 Å². The maximum absolute atomic E-state index is 13.4. The summed E-state index contributed by atoms with van der Waals surface area (Å²) in [5.41, 5.74) is 0.804. The lowest BCUT2D eigenvalue weighted by Gasteiger charge is -2.18. The molecule has 1 N–H and O–H groups in total. The van der Waals surface area contributed by atoms with E-state index < -0.39 is 5.97 Å². The van der Waals surface area contributed by atoms with Crippen molar-refractivity contribution in [3.05, 3.63) is 41.7 Å². The molecule has 0 aliphatic heterocycles. The first-order valence-corrected chi connectivity index (χ1v) is 5.44. The Labute approximate surface area is 100 Å². The third-order valence-corrected chi connectivity index (χ3v) is 2.53. The molecule has 17 heavy (non-hydrogen) atoms. The van der Waals surface area contributed by atoms with Crippen LogP contribution in [0.15, 0.2) is 35.9 Å². The van der Waals surface area contributed by atoms with Crippen LogP contribution < -0.4 is 4.90 Å². The van der Waals surface area contributed by atoms with Crippen molar-refractivity contribution in [2.75, 3.05) is 18.5 Å². The molecule has 0 bridgehead atoms. The van der Waals surface area contributed by atoms with Crippen LogP contribution in [0, 0.1) is 5.82 Å². The van der Waals surface area contributed by atoms with E-state index in [-0.39, 0.29) is 5.82 Å². The zero-order valence-corrected chi connectivity index (χ0v) is 9.98. The third-order valence-electron chi connectivity index (χ3n) is 2.53. The number of likely N-dealkylation sites (N-methyl/N-ethyl adjacent to an activating group) is 1. The van der Waals surface area contributed by atoms with E-state index in [9.17, 15) is 9.18 Å². The van der Waals surface area contributed by atoms with E-state index >= 15 is 0 Å². The summed E-state index contributed by atoms with van der Waals surface area (Å²) < 4.78 is 13.4. The van der Waals surface area contributed by atoms with Crippen LogP contribution in [0.25, 0.3) is 0 Å². The van der Waals surface area contributed by atoms with Gasteiger partial charge in [0.05, 0.1) is 5.69 Å². The van der Waals surface area contributed by atoms with Gasteiger partial charge in [-0.2, -0.15) is 0 Å². The van der Waals surface area contributed by atoms with E-state index in [1.54, 1.807) is 43.1 Å². The minimum Gasteiger partial charge on any atom is -0.478 e. The van der Waals surface area contributed by atoms with Crippen LogP contribution in [0.2, 0.25) is 0 Å². The number of nitrogens with zero attached hydrogens (tertiary/aromatic N) is 1. The first-order chi connectivity index (χ1) is 8.06. The molecule has 0 aliphatic carbocycles. The second-order valence-electron chi connectivity index (χ2n) is 3.72. The fourth-order valence-corrected chi connectivity index (χ4v) is 1.49. The molecule has 0 heterocycles. The predicted molar refractivity (Wildman–Crippen MR) is 65.7 cm³/mol. The molecule has 0 fully saturated rings. The molecule has 1 aromatic carbocycles. The molecule has 0 aliphatic rings. The molecule has 0 saturated carbocycles. The second kappa shape index (κ2) is 6.03. The molecule has 0 unspecified atom stereocenters. The zero-order valence-electron chi connectivity index (χ0n) is 9.98. The second-order valence-corrected chi connectivity index (χ2v) is 3.72. The van der Waals surface area contributed by atoms with Crippen molar-refractivity contribution in [1.82, 2.24) is 0 Å². The van der Waals surface area contributed by atoms with Gasteiger partial charge in [-0.05, 0) is 18.6 Å². The van der Waals surface area contributed by atoms with E-state index in [1.165, 1.54) is 6.07 Å². The molecule has 0 amide bonds. The molecule has 92 valence electrons. The normalized spacial score (nSPS) is 11.4. The Morgan fingerprint density at radius 1 is 1.47 bits per heavy atom. The molecule has 0 spiro atoms. The SMILES string of the molecule is CCC(=CCN(C)c1ccccc1F)C(=O)O. The number of carbonyl (C=O) groups is 1. The predicted octanol–water partition coefficient (Wildman–Crippen LogP) is 2.68. The summed E-state index contributed by atoms with van der Waals surface area (Å²) >= 11 is 0. The van der Waals surface area contributed by atoms with Crippen molar-refractivity contribution in [3.8, 4) is 0 Å². The van der Waals surface area contributed by atoms with Crippen LogP contribution in [-0.2, 0) is 4.79 Å². The van der Waals surface area contributed by atoms with E-state index in [4.69, 9.17) is 5.11 Å². The summed E-state index contributed by atoms with van der Waals surface area (Å²) in [4.78, 5) is 12.5. The Balaban J connectivity index is 2.77. The highest BCUT2D eigenvalue weighted by molar-refractivity contribution is 5.86. The highest BCUT2D eigenvalue weighted by Crippen LogP contribution is 2.17. The van der Waals surface area contributed by atoms with Gasteiger partial charge in [-0.1, -0.05) is 25.1 Å². The molecule has 3 nitrogen and oxygen atoms in total. The highest BCUT2D eigenvalue weighted by Gasteiger charge is 2.07. The van der Waals surface area contributed by atoms with Gasteiger partial charge >= 0.3 is 5.97 Å². The van der Waals surface area contributed by atoms with Gasteiger partial charge in [0.25, 0.3) is 0 Å². The topological polar surface area (TPSA) is 40.5 Å². The van der Waals surface area contributed by atoms with Crippen LogP contribution in [0.5, 0.6) is 0 Å². The van der Waals surface area contributed by atoms with E-state index in [2.05, 4.69) is 0 Å². The Bertz CT molecular complexity index is 429. The van der Waals surface area contributed by atoms with Gasteiger partial charge < -0.3 is 10.0 Å². The largest absolute Gasteiger partial charge is 0.478 e. The van der Waals surface area contributed by atoms with Crippen LogP contribution in [0.3, 0.4) is 0 Å². The molecule has 0 atom stereocenters. The van der Waals surface area contributed by atoms with Crippen molar-refractivity contribution in [1.29, 1.82) is 0 Å². The molecule has 4 heteroatoms. The molecule has 1 rings (SSSR count). The van der Waals surface area contributed by atoms with Gasteiger partial charge in [-0.25, -0.2) is 9.18 Å². The summed E-state index contributed by atoms with van der Waals surface area (Å²) in [7, 11) is 1.73. The number of hydrogen-bond donors (Lipinski definition) is 1. The first-order valence-electron chi connectivity index (χ1n) is 5.44. The summed E-state index contributed by atoms with van der Waals surface area (Å²) in [5, 5.41) is 8.85. The number of carboxylic acids is 1. The Morgan fingerprint density at radius 3 is 2.65 bits per heavy atom. The summed E-state index contributed by atoms with van der Waals surface area (Å²) in [6, 6.07) is 6.41. The minimum absolute atomic E-state index is 0.309. The third kappa shape index (κ3) is 3.59. The number of carboxylic acid groups (broad SMARTS) is 1. The quantitative estimate of drug-likeness (QED) is 0.800. The van der Waals surface area contributed by atoms with Crippen molar-refractivity contribution >= 4 is 11.7 Å². The van der Waals surface area contributed by atoms with E-state index in [0.29, 0.717) is 24.2 Å². The zero-order chi connectivity index (χ0) is 12.8. The van der Waals surface area contributed by atoms with E-state index in [0.717, 1.165) is 0 Å². The van der Waals surface area contributed by atoms with Gasteiger partial charge in [0.2, 0.25) is 0 Å².